The van der Waals surface area contributed by atoms with Gasteiger partial charge in [0.05, 0.1) is 12.8 Å². The van der Waals surface area contributed by atoms with Crippen LogP contribution < -0.4 is 10.6 Å². The minimum Gasteiger partial charge on any atom is -0.469 e. The molecule has 2 aromatic rings. The summed E-state index contributed by atoms with van der Waals surface area (Å²) < 4.78 is 5.31. The highest BCUT2D eigenvalue weighted by Crippen LogP contribution is 2.15. The second-order valence-corrected chi connectivity index (χ2v) is 5.98. The summed E-state index contributed by atoms with van der Waals surface area (Å²) in [6.07, 6.45) is 4.35. The summed E-state index contributed by atoms with van der Waals surface area (Å²) >= 11 is 1.78. The Morgan fingerprint density at radius 3 is 2.95 bits per heavy atom. The Bertz CT molecular complexity index is 572. The molecule has 0 unspecified atom stereocenters. The number of hydrogen-bond acceptors (Lipinski definition) is 3. The zero-order valence-electron chi connectivity index (χ0n) is 12.3. The molecule has 0 aliphatic rings. The predicted octanol–water partition coefficient (Wildman–Crippen LogP) is 3.11. The van der Waals surface area contributed by atoms with Crippen molar-refractivity contribution in [1.29, 1.82) is 0 Å². The van der Waals surface area contributed by atoms with Crippen LogP contribution in [0.4, 0.5) is 0 Å². The van der Waals surface area contributed by atoms with Crippen molar-refractivity contribution in [2.75, 3.05) is 13.1 Å². The fraction of sp³-hybridized carbons (Fsp3) is 0.312. The molecule has 0 saturated heterocycles. The first-order valence-electron chi connectivity index (χ1n) is 6.98. The Kier molecular flexibility index (Phi) is 6.09. The van der Waals surface area contributed by atoms with Crippen LogP contribution in [0.25, 0.3) is 0 Å². The van der Waals surface area contributed by atoms with Crippen LogP contribution in [0.5, 0.6) is 0 Å². The number of thiophene rings is 1. The Morgan fingerprint density at radius 1 is 1.38 bits per heavy atom. The van der Waals surface area contributed by atoms with Crippen molar-refractivity contribution in [1.82, 2.24) is 10.6 Å². The number of nitrogens with zero attached hydrogens (tertiary/aromatic N) is 1. The number of aliphatic imine (C=N–C) groups is 1. The van der Waals surface area contributed by atoms with E-state index in [1.54, 1.807) is 17.6 Å². The van der Waals surface area contributed by atoms with Gasteiger partial charge in [0.1, 0.15) is 5.76 Å². The minimum absolute atomic E-state index is 0.686. The Labute approximate surface area is 129 Å². The molecule has 0 aliphatic carbocycles. The van der Waals surface area contributed by atoms with Gasteiger partial charge in [-0.3, -0.25) is 0 Å². The van der Waals surface area contributed by atoms with Gasteiger partial charge in [-0.1, -0.05) is 6.08 Å². The minimum atomic E-state index is 0.686. The molecule has 0 aliphatic heterocycles. The lowest BCUT2D eigenvalue weighted by atomic mass is 10.3. The monoisotopic (exact) mass is 303 g/mol. The molecular weight excluding hydrogens is 282 g/mol. The van der Waals surface area contributed by atoms with Crippen molar-refractivity contribution in [3.8, 4) is 0 Å². The Balaban J connectivity index is 1.85. The third-order valence-corrected chi connectivity index (χ3v) is 3.83. The van der Waals surface area contributed by atoms with E-state index in [-0.39, 0.29) is 0 Å². The fourth-order valence-electron chi connectivity index (χ4n) is 1.83. The smallest absolute Gasteiger partial charge is 0.191 e. The number of hydrogen-bond donors (Lipinski definition) is 2. The van der Waals surface area contributed by atoms with Gasteiger partial charge in [-0.15, -0.1) is 17.9 Å². The summed E-state index contributed by atoms with van der Waals surface area (Å²) in [5, 5.41) is 6.53. The third-order valence-electron chi connectivity index (χ3n) is 2.85. The zero-order valence-corrected chi connectivity index (χ0v) is 13.1. The molecular formula is C16H21N3OS. The van der Waals surface area contributed by atoms with Crippen LogP contribution in [0.3, 0.4) is 0 Å². The standard InChI is InChI=1S/C16H21N3OS/c1-3-9-17-16(18-10-8-14-5-4-11-20-14)19-12-15-7-6-13(2)21-15/h3-7,11H,1,8-10,12H2,2H3,(H2,17,18,19). The lowest BCUT2D eigenvalue weighted by molar-refractivity contribution is 0.507. The molecule has 4 nitrogen and oxygen atoms in total. The van der Waals surface area contributed by atoms with Gasteiger partial charge in [0.15, 0.2) is 5.96 Å². The highest BCUT2D eigenvalue weighted by molar-refractivity contribution is 7.11. The highest BCUT2D eigenvalue weighted by Gasteiger charge is 2.01. The number of aryl methyl sites for hydroxylation is 1. The summed E-state index contributed by atoms with van der Waals surface area (Å²) in [5.41, 5.74) is 0. The average Bonchev–Trinajstić information content (AvgIpc) is 3.13. The lowest BCUT2D eigenvalue weighted by Crippen LogP contribution is -2.38. The normalized spacial score (nSPS) is 11.4. The van der Waals surface area contributed by atoms with Gasteiger partial charge < -0.3 is 15.1 Å². The molecule has 112 valence electrons. The molecule has 0 amide bonds. The highest BCUT2D eigenvalue weighted by atomic mass is 32.1. The van der Waals surface area contributed by atoms with E-state index in [0.717, 1.165) is 24.7 Å². The molecule has 2 aromatic heterocycles. The van der Waals surface area contributed by atoms with Crippen LogP contribution in [-0.4, -0.2) is 19.0 Å². The number of nitrogens with one attached hydrogen (secondary N) is 2. The van der Waals surface area contributed by atoms with Crippen LogP contribution >= 0.6 is 11.3 Å². The van der Waals surface area contributed by atoms with Crippen molar-refractivity contribution < 1.29 is 4.42 Å². The van der Waals surface area contributed by atoms with E-state index in [1.807, 2.05) is 18.2 Å². The number of rotatable bonds is 7. The maximum Gasteiger partial charge on any atom is 0.191 e. The van der Waals surface area contributed by atoms with Crippen LogP contribution in [0.15, 0.2) is 52.6 Å². The molecule has 2 rings (SSSR count). The van der Waals surface area contributed by atoms with Crippen LogP contribution in [0.1, 0.15) is 15.5 Å². The Hall–Kier alpha value is -2.01. The second-order valence-electron chi connectivity index (χ2n) is 4.60. The lowest BCUT2D eigenvalue weighted by Gasteiger charge is -2.10. The second kappa shape index (κ2) is 8.32. The molecule has 5 heteroatoms. The van der Waals surface area contributed by atoms with Crippen molar-refractivity contribution in [3.05, 3.63) is 58.7 Å². The maximum atomic E-state index is 5.31. The first-order valence-corrected chi connectivity index (χ1v) is 7.80. The predicted molar refractivity (Wildman–Crippen MR) is 88.8 cm³/mol. The van der Waals surface area contributed by atoms with E-state index in [9.17, 15) is 0 Å². The molecule has 0 radical (unpaired) electrons. The molecule has 0 bridgehead atoms. The van der Waals surface area contributed by atoms with E-state index >= 15 is 0 Å². The van der Waals surface area contributed by atoms with E-state index in [4.69, 9.17) is 4.42 Å². The summed E-state index contributed by atoms with van der Waals surface area (Å²) in [6, 6.07) is 8.12. The largest absolute Gasteiger partial charge is 0.469 e. The van der Waals surface area contributed by atoms with Crippen LogP contribution in [0, 0.1) is 6.92 Å². The topological polar surface area (TPSA) is 49.6 Å². The van der Waals surface area contributed by atoms with Crippen molar-refractivity contribution in [2.45, 2.75) is 19.9 Å². The van der Waals surface area contributed by atoms with Gasteiger partial charge >= 0.3 is 0 Å². The van der Waals surface area contributed by atoms with Gasteiger partial charge in [-0.2, -0.15) is 0 Å². The van der Waals surface area contributed by atoms with Crippen LogP contribution in [0.2, 0.25) is 0 Å². The first kappa shape index (κ1) is 15.4. The summed E-state index contributed by atoms with van der Waals surface area (Å²) in [5.74, 6) is 1.77. The summed E-state index contributed by atoms with van der Waals surface area (Å²) in [7, 11) is 0. The van der Waals surface area contributed by atoms with Crippen molar-refractivity contribution in [2.24, 2.45) is 4.99 Å². The SMILES string of the molecule is C=CCNC(=NCc1ccc(C)s1)NCCc1ccco1. The molecule has 0 atom stereocenters. The molecule has 2 N–H and O–H groups in total. The van der Waals surface area contributed by atoms with E-state index in [2.05, 4.69) is 41.3 Å². The molecule has 0 saturated carbocycles. The quantitative estimate of drug-likeness (QED) is 0.469. The van der Waals surface area contributed by atoms with E-state index in [1.165, 1.54) is 9.75 Å². The van der Waals surface area contributed by atoms with Gasteiger partial charge in [0.25, 0.3) is 0 Å². The third kappa shape index (κ3) is 5.47. The van der Waals surface area contributed by atoms with Crippen molar-refractivity contribution in [3.63, 3.8) is 0 Å². The van der Waals surface area contributed by atoms with Crippen LogP contribution in [-0.2, 0) is 13.0 Å². The van der Waals surface area contributed by atoms with Gasteiger partial charge in [-0.05, 0) is 31.2 Å². The van der Waals surface area contributed by atoms with Gasteiger partial charge in [-0.25, -0.2) is 4.99 Å². The van der Waals surface area contributed by atoms with Crippen molar-refractivity contribution >= 4 is 17.3 Å². The zero-order chi connectivity index (χ0) is 14.9. The molecule has 0 spiro atoms. The van der Waals surface area contributed by atoms with Gasteiger partial charge in [0, 0.05) is 29.3 Å². The van der Waals surface area contributed by atoms with E-state index < -0.39 is 0 Å². The fourth-order valence-corrected chi connectivity index (χ4v) is 2.64. The molecule has 0 fully saturated rings. The number of furan rings is 1. The molecule has 2 heterocycles. The van der Waals surface area contributed by atoms with E-state index in [0.29, 0.717) is 13.1 Å². The Morgan fingerprint density at radius 2 is 2.29 bits per heavy atom. The maximum absolute atomic E-state index is 5.31. The first-order chi connectivity index (χ1) is 10.3. The number of guanidine groups is 1. The van der Waals surface area contributed by atoms with Gasteiger partial charge in [0.2, 0.25) is 0 Å². The molecule has 21 heavy (non-hydrogen) atoms. The summed E-state index contributed by atoms with van der Waals surface area (Å²) in [6.45, 7) is 7.98. The molecule has 0 aromatic carbocycles. The summed E-state index contributed by atoms with van der Waals surface area (Å²) in [4.78, 5) is 7.16. The average molecular weight is 303 g/mol.